The van der Waals surface area contributed by atoms with Gasteiger partial charge in [-0.3, -0.25) is 9.59 Å². The first kappa shape index (κ1) is 17.9. The van der Waals surface area contributed by atoms with Crippen LogP contribution in [0.4, 0.5) is 0 Å². The largest absolute Gasteiger partial charge is 0.489 e. The predicted octanol–water partition coefficient (Wildman–Crippen LogP) is 3.39. The number of hydrogen-bond donors (Lipinski definition) is 2. The van der Waals surface area contributed by atoms with E-state index in [4.69, 9.17) is 10.5 Å². The van der Waals surface area contributed by atoms with Crippen LogP contribution in [0.1, 0.15) is 27.7 Å². The molecule has 0 spiro atoms. The van der Waals surface area contributed by atoms with E-state index in [0.29, 0.717) is 17.9 Å². The second-order valence-electron chi connectivity index (χ2n) is 6.06. The monoisotopic (exact) mass is 368 g/mol. The maximum absolute atomic E-state index is 12.6. The Hall–Kier alpha value is -2.86. The molecule has 0 radical (unpaired) electrons. The van der Waals surface area contributed by atoms with Crippen molar-refractivity contribution in [2.75, 3.05) is 0 Å². The number of ether oxygens (including phenoxy) is 1. The van der Waals surface area contributed by atoms with Gasteiger partial charge in [0.15, 0.2) is 0 Å². The molecule has 0 fully saturated rings. The Balaban J connectivity index is 1.86. The molecule has 0 bridgehead atoms. The number of benzene rings is 2. The summed E-state index contributed by atoms with van der Waals surface area (Å²) < 4.78 is 6.85. The molecule has 5 nitrogen and oxygen atoms in total. The molecule has 134 valence electrons. The normalized spacial score (nSPS) is 11.9. The lowest BCUT2D eigenvalue weighted by molar-refractivity contribution is -0.119. The van der Waals surface area contributed by atoms with Gasteiger partial charge in [0.2, 0.25) is 5.91 Å². The molecule has 0 aliphatic carbocycles. The number of thiophene rings is 1. The molecule has 3 rings (SSSR count). The fraction of sp³-hybridized carbons (Fsp3) is 0.200. The lowest BCUT2D eigenvalue weighted by atomic mass is 10.1. The first-order valence-electron chi connectivity index (χ1n) is 8.25. The van der Waals surface area contributed by atoms with Gasteiger partial charge in [-0.15, -0.1) is 11.3 Å². The molecule has 6 heteroatoms. The van der Waals surface area contributed by atoms with Gasteiger partial charge in [0.1, 0.15) is 18.4 Å². The molecule has 0 saturated carbocycles. The van der Waals surface area contributed by atoms with E-state index < -0.39 is 11.9 Å². The molecule has 1 atom stereocenters. The predicted molar refractivity (Wildman–Crippen MR) is 103 cm³/mol. The Bertz CT molecular complexity index is 950. The van der Waals surface area contributed by atoms with Crippen molar-refractivity contribution in [3.63, 3.8) is 0 Å². The Morgan fingerprint density at radius 2 is 1.92 bits per heavy atom. The van der Waals surface area contributed by atoms with E-state index in [2.05, 4.69) is 5.32 Å². The van der Waals surface area contributed by atoms with Crippen LogP contribution in [0, 0.1) is 6.92 Å². The van der Waals surface area contributed by atoms with Gasteiger partial charge in [0.25, 0.3) is 5.91 Å². The van der Waals surface area contributed by atoms with Gasteiger partial charge in [-0.05, 0) is 37.6 Å². The third kappa shape index (κ3) is 3.86. The van der Waals surface area contributed by atoms with Crippen LogP contribution in [0.25, 0.3) is 10.1 Å². The molecular formula is C20H20N2O3S. The first-order chi connectivity index (χ1) is 12.5. The van der Waals surface area contributed by atoms with Crippen LogP contribution in [0.5, 0.6) is 5.75 Å². The van der Waals surface area contributed by atoms with Crippen molar-refractivity contribution in [3.8, 4) is 5.75 Å². The number of nitrogens with one attached hydrogen (secondary N) is 1. The molecule has 26 heavy (non-hydrogen) atoms. The highest BCUT2D eigenvalue weighted by Gasteiger charge is 2.20. The minimum Gasteiger partial charge on any atom is -0.489 e. The van der Waals surface area contributed by atoms with E-state index in [-0.39, 0.29) is 5.91 Å². The Morgan fingerprint density at radius 3 is 2.62 bits per heavy atom. The molecule has 0 unspecified atom stereocenters. The van der Waals surface area contributed by atoms with Gasteiger partial charge in [-0.2, -0.15) is 0 Å². The molecule has 0 aliphatic heterocycles. The van der Waals surface area contributed by atoms with E-state index in [9.17, 15) is 9.59 Å². The van der Waals surface area contributed by atoms with Gasteiger partial charge in [0, 0.05) is 15.0 Å². The van der Waals surface area contributed by atoms with E-state index in [1.165, 1.54) is 11.3 Å². The summed E-state index contributed by atoms with van der Waals surface area (Å²) in [5.74, 6) is -0.182. The van der Waals surface area contributed by atoms with Crippen LogP contribution in [-0.2, 0) is 11.4 Å². The quantitative estimate of drug-likeness (QED) is 0.700. The number of hydrogen-bond acceptors (Lipinski definition) is 4. The van der Waals surface area contributed by atoms with Gasteiger partial charge >= 0.3 is 0 Å². The SMILES string of the molecule is Cc1sc2ccc(OCc3ccccc3)cc2c1C(=O)N[C@H](C)C(N)=O. The number of primary amides is 1. The van der Waals surface area contributed by atoms with Crippen LogP contribution >= 0.6 is 11.3 Å². The molecule has 3 aromatic rings. The fourth-order valence-corrected chi connectivity index (χ4v) is 3.69. The van der Waals surface area contributed by atoms with Crippen LogP contribution < -0.4 is 15.8 Å². The van der Waals surface area contributed by atoms with Gasteiger partial charge in [-0.25, -0.2) is 0 Å². The summed E-state index contributed by atoms with van der Waals surface area (Å²) in [5, 5.41) is 3.46. The maximum Gasteiger partial charge on any atom is 0.253 e. The molecule has 0 saturated heterocycles. The highest BCUT2D eigenvalue weighted by atomic mass is 32.1. The van der Waals surface area contributed by atoms with E-state index in [1.54, 1.807) is 6.92 Å². The molecular weight excluding hydrogens is 348 g/mol. The highest BCUT2D eigenvalue weighted by molar-refractivity contribution is 7.19. The number of nitrogens with two attached hydrogens (primary N) is 1. The van der Waals surface area contributed by atoms with Crippen molar-refractivity contribution in [1.82, 2.24) is 5.32 Å². The Labute approximate surface area is 155 Å². The number of carbonyl (C=O) groups excluding carboxylic acids is 2. The second kappa shape index (κ2) is 7.58. The number of carbonyl (C=O) groups is 2. The van der Waals surface area contributed by atoms with Crippen LogP contribution in [-0.4, -0.2) is 17.9 Å². The molecule has 3 N–H and O–H groups in total. The zero-order chi connectivity index (χ0) is 18.7. The van der Waals surface area contributed by atoms with Crippen molar-refractivity contribution in [2.24, 2.45) is 5.73 Å². The standard InChI is InChI=1S/C20H20N2O3S/c1-12(19(21)23)22-20(24)18-13(2)26-17-9-8-15(10-16(17)18)25-11-14-6-4-3-5-7-14/h3-10,12H,11H2,1-2H3,(H2,21,23)(H,22,24)/t12-/m1/s1. The van der Waals surface area contributed by atoms with Crippen molar-refractivity contribution in [2.45, 2.75) is 26.5 Å². The lowest BCUT2D eigenvalue weighted by Crippen LogP contribution is -2.42. The lowest BCUT2D eigenvalue weighted by Gasteiger charge is -2.11. The van der Waals surface area contributed by atoms with Crippen molar-refractivity contribution in [3.05, 3.63) is 64.5 Å². The summed E-state index contributed by atoms with van der Waals surface area (Å²) >= 11 is 1.53. The fourth-order valence-electron chi connectivity index (χ4n) is 2.65. The van der Waals surface area contributed by atoms with Crippen LogP contribution in [0.2, 0.25) is 0 Å². The number of amides is 2. The Morgan fingerprint density at radius 1 is 1.19 bits per heavy atom. The summed E-state index contributed by atoms with van der Waals surface area (Å²) in [7, 11) is 0. The summed E-state index contributed by atoms with van der Waals surface area (Å²) in [6.45, 7) is 3.91. The summed E-state index contributed by atoms with van der Waals surface area (Å²) in [4.78, 5) is 24.7. The van der Waals surface area contributed by atoms with Gasteiger partial charge in [0.05, 0.1) is 5.56 Å². The average Bonchev–Trinajstić information content (AvgIpc) is 2.95. The smallest absolute Gasteiger partial charge is 0.253 e. The van der Waals surface area contributed by atoms with E-state index >= 15 is 0 Å². The molecule has 0 aliphatic rings. The molecule has 2 aromatic carbocycles. The molecule has 1 aromatic heterocycles. The zero-order valence-corrected chi connectivity index (χ0v) is 15.4. The van der Waals surface area contributed by atoms with Crippen molar-refractivity contribution in [1.29, 1.82) is 0 Å². The minimum absolute atomic E-state index is 0.305. The summed E-state index contributed by atoms with van der Waals surface area (Å²) in [5.41, 5.74) is 6.87. The number of rotatable bonds is 6. The summed E-state index contributed by atoms with van der Waals surface area (Å²) in [6.07, 6.45) is 0. The number of aryl methyl sites for hydroxylation is 1. The number of fused-ring (bicyclic) bond motifs is 1. The molecule has 1 heterocycles. The highest BCUT2D eigenvalue weighted by Crippen LogP contribution is 2.33. The third-order valence-electron chi connectivity index (χ3n) is 4.09. The second-order valence-corrected chi connectivity index (χ2v) is 7.32. The van der Waals surface area contributed by atoms with Gasteiger partial charge < -0.3 is 15.8 Å². The maximum atomic E-state index is 12.6. The van der Waals surface area contributed by atoms with Crippen LogP contribution in [0.3, 0.4) is 0 Å². The minimum atomic E-state index is -0.727. The van der Waals surface area contributed by atoms with E-state index in [1.807, 2.05) is 55.5 Å². The first-order valence-corrected chi connectivity index (χ1v) is 9.07. The topological polar surface area (TPSA) is 81.4 Å². The van der Waals surface area contributed by atoms with Crippen molar-refractivity contribution >= 4 is 33.2 Å². The third-order valence-corrected chi connectivity index (χ3v) is 5.17. The average molecular weight is 368 g/mol. The van der Waals surface area contributed by atoms with Gasteiger partial charge in [-0.1, -0.05) is 30.3 Å². The van der Waals surface area contributed by atoms with Crippen molar-refractivity contribution < 1.29 is 14.3 Å². The molecule has 2 amide bonds. The zero-order valence-electron chi connectivity index (χ0n) is 14.6. The van der Waals surface area contributed by atoms with Crippen LogP contribution in [0.15, 0.2) is 48.5 Å². The Kier molecular flexibility index (Phi) is 5.23. The van der Waals surface area contributed by atoms with E-state index in [0.717, 1.165) is 20.5 Å². The summed E-state index contributed by atoms with van der Waals surface area (Å²) in [6, 6.07) is 14.9.